The monoisotopic (exact) mass is 987 g/mol. The maximum atomic E-state index is 8.82. The van der Waals surface area contributed by atoms with Crippen LogP contribution in [-0.4, -0.2) is 14.1 Å². The number of hydrogen-bond donors (Lipinski definition) is 0. The average molecular weight is 987 g/mol. The van der Waals surface area contributed by atoms with Gasteiger partial charge >= 0.3 is 0 Å². The van der Waals surface area contributed by atoms with Crippen LogP contribution in [0, 0.1) is 0 Å². The van der Waals surface area contributed by atoms with Crippen LogP contribution in [0.25, 0.3) is 82.1 Å². The molecule has 1 aliphatic heterocycles. The first-order valence-electron chi connectivity index (χ1n) is 29.2. The largest absolute Gasteiger partial charge is 0.457 e. The SMILES string of the molecule is [2H]C([2H])([2H])C(C)(c1cc(-c2cccc3c4ccccc4c4ccccc4c4c(C(C)(C)C)ccc5c4n(c23)CN5c2cccc(Oc3ccc4c5ccccc5n(-c5cc(C(C)(C)C)ccn5)c4c3)c2)cc(C(C)(C)C)c1)C([2H])([2H])[2H]. The van der Waals surface area contributed by atoms with Crippen molar-refractivity contribution in [1.29, 1.82) is 0 Å². The molecule has 12 rings (SSSR count). The van der Waals surface area contributed by atoms with E-state index in [4.69, 9.17) is 17.9 Å². The van der Waals surface area contributed by atoms with Crippen LogP contribution >= 0.6 is 0 Å². The Morgan fingerprint density at radius 2 is 1.08 bits per heavy atom. The van der Waals surface area contributed by atoms with Crippen molar-refractivity contribution < 1.29 is 13.0 Å². The van der Waals surface area contributed by atoms with Crippen LogP contribution in [0.3, 0.4) is 0 Å². The minimum Gasteiger partial charge on any atom is -0.457 e. The smallest absolute Gasteiger partial charge is 0.137 e. The molecule has 0 fully saturated rings. The topological polar surface area (TPSA) is 35.2 Å². The summed E-state index contributed by atoms with van der Waals surface area (Å²) in [6.45, 7) is 15.8. The molecule has 0 unspecified atom stereocenters. The molecule has 0 saturated heterocycles. The first-order valence-corrected chi connectivity index (χ1v) is 26.2. The second-order valence-corrected chi connectivity index (χ2v) is 23.9. The Morgan fingerprint density at radius 1 is 0.467 bits per heavy atom. The Kier molecular flexibility index (Phi) is 9.59. The third kappa shape index (κ3) is 8.28. The molecule has 1 aliphatic rings. The highest BCUT2D eigenvalue weighted by Crippen LogP contribution is 2.48. The molecule has 8 aromatic carbocycles. The number of aromatic nitrogens is 3. The molecule has 5 heteroatoms. The van der Waals surface area contributed by atoms with Crippen molar-refractivity contribution in [3.05, 3.63) is 204 Å². The lowest BCUT2D eigenvalue weighted by Gasteiger charge is -2.27. The second kappa shape index (κ2) is 17.3. The summed E-state index contributed by atoms with van der Waals surface area (Å²) in [5, 5.41) is 8.70. The van der Waals surface area contributed by atoms with E-state index >= 15 is 0 Å². The fraction of sp³-hybridized carbons (Fsp3) is 0.243. The minimum atomic E-state index is -2.85. The fourth-order valence-electron chi connectivity index (χ4n) is 11.5. The van der Waals surface area contributed by atoms with E-state index in [-0.39, 0.29) is 16.4 Å². The first kappa shape index (κ1) is 41.5. The van der Waals surface area contributed by atoms with Crippen LogP contribution in [0.5, 0.6) is 11.5 Å². The molecule has 0 amide bonds. The van der Waals surface area contributed by atoms with Gasteiger partial charge in [0.15, 0.2) is 0 Å². The van der Waals surface area contributed by atoms with E-state index in [1.165, 1.54) is 18.1 Å². The van der Waals surface area contributed by atoms with Gasteiger partial charge < -0.3 is 14.2 Å². The van der Waals surface area contributed by atoms with E-state index < -0.39 is 24.5 Å². The molecule has 5 nitrogen and oxygen atoms in total. The molecule has 3 aromatic heterocycles. The normalized spacial score (nSPS) is 14.8. The van der Waals surface area contributed by atoms with Gasteiger partial charge in [0.2, 0.25) is 0 Å². The zero-order chi connectivity index (χ0) is 57.3. The number of rotatable bonds is 5. The van der Waals surface area contributed by atoms with Gasteiger partial charge in [-0.25, -0.2) is 4.98 Å². The van der Waals surface area contributed by atoms with Crippen molar-refractivity contribution in [3.63, 3.8) is 0 Å². The van der Waals surface area contributed by atoms with Gasteiger partial charge in [-0.1, -0.05) is 198 Å². The maximum Gasteiger partial charge on any atom is 0.137 e. The Hall–Kier alpha value is -7.89. The van der Waals surface area contributed by atoms with Crippen LogP contribution in [0.15, 0.2) is 182 Å². The predicted octanol–water partition coefficient (Wildman–Crippen LogP) is 19.5. The number of hydrogen-bond acceptors (Lipinski definition) is 3. The second-order valence-electron chi connectivity index (χ2n) is 23.9. The van der Waals surface area contributed by atoms with Crippen molar-refractivity contribution in [3.8, 4) is 28.4 Å². The van der Waals surface area contributed by atoms with Crippen LogP contribution in [0.4, 0.5) is 11.4 Å². The maximum absolute atomic E-state index is 8.82. The summed E-state index contributed by atoms with van der Waals surface area (Å²) in [4.78, 5) is 7.28. The predicted molar refractivity (Wildman–Crippen MR) is 320 cm³/mol. The van der Waals surface area contributed by atoms with Crippen LogP contribution in [0.2, 0.25) is 0 Å². The summed E-state index contributed by atoms with van der Waals surface area (Å²) < 4.78 is 64.5. The van der Waals surface area contributed by atoms with Crippen LogP contribution < -0.4 is 9.64 Å². The highest BCUT2D eigenvalue weighted by atomic mass is 16.5. The van der Waals surface area contributed by atoms with Gasteiger partial charge in [0.25, 0.3) is 0 Å². The zero-order valence-electron chi connectivity index (χ0n) is 50.7. The van der Waals surface area contributed by atoms with E-state index in [2.05, 4.69) is 228 Å². The van der Waals surface area contributed by atoms with Gasteiger partial charge in [-0.2, -0.15) is 0 Å². The van der Waals surface area contributed by atoms with Gasteiger partial charge in [0.1, 0.15) is 24.0 Å². The van der Waals surface area contributed by atoms with Crippen LogP contribution in [-0.2, 0) is 28.3 Å². The Balaban J connectivity index is 1.11. The number of fused-ring (bicyclic) bond motifs is 10. The minimum absolute atomic E-state index is 0.0629. The summed E-state index contributed by atoms with van der Waals surface area (Å²) in [5.41, 5.74) is 8.03. The third-order valence-corrected chi connectivity index (χ3v) is 15.4. The Morgan fingerprint density at radius 3 is 1.79 bits per heavy atom. The summed E-state index contributed by atoms with van der Waals surface area (Å²) in [6.07, 6.45) is 1.90. The summed E-state index contributed by atoms with van der Waals surface area (Å²) in [7, 11) is 0. The highest BCUT2D eigenvalue weighted by Gasteiger charge is 2.30. The molecule has 0 spiro atoms. The lowest BCUT2D eigenvalue weighted by Crippen LogP contribution is -2.17. The summed E-state index contributed by atoms with van der Waals surface area (Å²) >= 11 is 0. The van der Waals surface area contributed by atoms with E-state index in [1.54, 1.807) is 0 Å². The van der Waals surface area contributed by atoms with E-state index in [0.29, 0.717) is 18.2 Å². The molecule has 11 aromatic rings. The summed E-state index contributed by atoms with van der Waals surface area (Å²) in [6, 6.07) is 61.4. The van der Waals surface area contributed by atoms with Gasteiger partial charge in [0, 0.05) is 59.3 Å². The quantitative estimate of drug-likeness (QED) is 0.172. The molecule has 0 bridgehead atoms. The standard InChI is InChI=1S/C70H68N4O/c1-67(2,3)45-35-36-71-63(40-45)74-60-30-18-17-26-55(60)56-32-31-50(42-62(56)74)75-49-22-19-21-48(41-49)72-43-73-65-51(44-37-46(68(4,5)6)39-47(38-44)69(7,8)9)28-20-29-58(65)54-25-14-13-23-52(54)53-24-15-16-27-57(53)64-59(70(10,11)12)33-34-61(72)66(64)73/h13-42H,43H2,1-12H3/i4D3,5D3. The van der Waals surface area contributed by atoms with Gasteiger partial charge in [-0.05, 0) is 120 Å². The lowest BCUT2D eigenvalue weighted by atomic mass is 9.78. The third-order valence-electron chi connectivity index (χ3n) is 15.4. The van der Waals surface area contributed by atoms with Crippen molar-refractivity contribution >= 4 is 76.5 Å². The Bertz CT molecular complexity index is 4410. The number of pyridine rings is 1. The van der Waals surface area contributed by atoms with Crippen molar-refractivity contribution in [1.82, 2.24) is 14.1 Å². The Labute approximate surface area is 450 Å². The molecule has 0 atom stereocenters. The molecule has 0 radical (unpaired) electrons. The van der Waals surface area contributed by atoms with Crippen molar-refractivity contribution in [2.45, 2.75) is 111 Å². The average Bonchev–Trinajstić information content (AvgIpc) is 2.78. The van der Waals surface area contributed by atoms with E-state index in [9.17, 15) is 0 Å². The molecule has 374 valence electrons. The summed E-state index contributed by atoms with van der Waals surface area (Å²) in [5.74, 6) is 2.21. The number of ether oxygens (including phenoxy) is 1. The molecule has 0 aliphatic carbocycles. The fourth-order valence-corrected chi connectivity index (χ4v) is 11.5. The molecule has 0 N–H and O–H groups in total. The van der Waals surface area contributed by atoms with E-state index in [0.717, 1.165) is 99.0 Å². The number of para-hydroxylation sites is 2. The molecule has 4 heterocycles. The molecular formula is C70H68N4O. The van der Waals surface area contributed by atoms with E-state index in [1.807, 2.05) is 30.5 Å². The van der Waals surface area contributed by atoms with Gasteiger partial charge in [-0.3, -0.25) is 4.57 Å². The molecular weight excluding hydrogens is 913 g/mol. The zero-order valence-corrected chi connectivity index (χ0v) is 44.7. The molecule has 75 heavy (non-hydrogen) atoms. The number of benzene rings is 8. The van der Waals surface area contributed by atoms with Gasteiger partial charge in [-0.15, -0.1) is 0 Å². The molecule has 0 saturated carbocycles. The lowest BCUT2D eigenvalue weighted by molar-refractivity contribution is 0.483. The van der Waals surface area contributed by atoms with Gasteiger partial charge in [0.05, 0.1) is 27.8 Å². The van der Waals surface area contributed by atoms with Crippen LogP contribution in [0.1, 0.15) is 113 Å². The highest BCUT2D eigenvalue weighted by molar-refractivity contribution is 6.23. The van der Waals surface area contributed by atoms with Crippen molar-refractivity contribution in [2.75, 3.05) is 4.90 Å². The number of nitrogens with zero attached hydrogens (tertiary/aromatic N) is 4. The number of anilines is 2. The first-order chi connectivity index (χ1) is 38.2. The van der Waals surface area contributed by atoms with Crippen molar-refractivity contribution in [2.24, 2.45) is 0 Å².